The third kappa shape index (κ3) is 4.46. The summed E-state index contributed by atoms with van der Waals surface area (Å²) in [5, 5.41) is 0. The van der Waals surface area contributed by atoms with Crippen molar-refractivity contribution >= 4 is 27.7 Å². The van der Waals surface area contributed by atoms with E-state index >= 15 is 0 Å². The third-order valence-electron chi connectivity index (χ3n) is 2.33. The van der Waals surface area contributed by atoms with Gasteiger partial charge in [0.2, 0.25) is 11.8 Å². The van der Waals surface area contributed by atoms with E-state index in [4.69, 9.17) is 11.5 Å². The van der Waals surface area contributed by atoms with Gasteiger partial charge < -0.3 is 16.4 Å². The van der Waals surface area contributed by atoms with Crippen LogP contribution < -0.4 is 11.5 Å². The predicted octanol–water partition coefficient (Wildman–Crippen LogP) is 0.610. The Bertz CT molecular complexity index is 431. The number of amides is 2. The number of carbonyl (C=O) groups is 2. The molecular weight excluding hydrogens is 298 g/mol. The molecule has 0 aliphatic rings. The molecule has 1 aromatic rings. The van der Waals surface area contributed by atoms with Crippen LogP contribution in [0.2, 0.25) is 0 Å². The molecule has 4 N–H and O–H groups in total. The van der Waals surface area contributed by atoms with Crippen LogP contribution in [0.5, 0.6) is 0 Å². The molecule has 0 radical (unpaired) electrons. The molecule has 98 valence electrons. The van der Waals surface area contributed by atoms with Gasteiger partial charge in [-0.05, 0) is 24.6 Å². The van der Waals surface area contributed by atoms with Gasteiger partial charge in [-0.2, -0.15) is 0 Å². The SMILES string of the molecule is C[C@@H](N)C(=O)N(CC(N)=O)Cc1ccc(Br)cc1. The van der Waals surface area contributed by atoms with Crippen molar-refractivity contribution in [3.63, 3.8) is 0 Å². The zero-order valence-electron chi connectivity index (χ0n) is 10.1. The molecule has 0 saturated carbocycles. The summed E-state index contributed by atoms with van der Waals surface area (Å²) in [6.45, 7) is 1.77. The lowest BCUT2D eigenvalue weighted by Crippen LogP contribution is -2.45. The maximum Gasteiger partial charge on any atom is 0.239 e. The molecule has 0 bridgehead atoms. The minimum atomic E-state index is -0.653. The summed E-state index contributed by atoms with van der Waals surface area (Å²) < 4.78 is 0.950. The summed E-state index contributed by atoms with van der Waals surface area (Å²) in [5.41, 5.74) is 11.6. The summed E-state index contributed by atoms with van der Waals surface area (Å²) in [6.07, 6.45) is 0. The zero-order valence-corrected chi connectivity index (χ0v) is 11.7. The van der Waals surface area contributed by atoms with Crippen molar-refractivity contribution in [2.45, 2.75) is 19.5 Å². The number of benzene rings is 1. The molecule has 1 atom stereocenters. The molecule has 0 heterocycles. The molecule has 0 spiro atoms. The van der Waals surface area contributed by atoms with Crippen LogP contribution in [0.1, 0.15) is 12.5 Å². The Morgan fingerprint density at radius 2 is 1.89 bits per heavy atom. The Hall–Kier alpha value is -1.40. The van der Waals surface area contributed by atoms with Crippen molar-refractivity contribution in [2.75, 3.05) is 6.54 Å². The van der Waals surface area contributed by atoms with Crippen LogP contribution in [0.3, 0.4) is 0 Å². The van der Waals surface area contributed by atoms with Crippen LogP contribution in [-0.4, -0.2) is 29.3 Å². The maximum atomic E-state index is 11.8. The van der Waals surface area contributed by atoms with Gasteiger partial charge in [-0.1, -0.05) is 28.1 Å². The van der Waals surface area contributed by atoms with Crippen molar-refractivity contribution in [3.05, 3.63) is 34.3 Å². The van der Waals surface area contributed by atoms with Crippen LogP contribution in [0.4, 0.5) is 0 Å². The van der Waals surface area contributed by atoms with E-state index in [9.17, 15) is 9.59 Å². The van der Waals surface area contributed by atoms with Crippen LogP contribution in [0.15, 0.2) is 28.7 Å². The lowest BCUT2D eigenvalue weighted by Gasteiger charge is -2.23. The van der Waals surface area contributed by atoms with Gasteiger partial charge in [0.1, 0.15) is 0 Å². The smallest absolute Gasteiger partial charge is 0.239 e. The van der Waals surface area contributed by atoms with Gasteiger partial charge in [0.15, 0.2) is 0 Å². The second kappa shape index (κ2) is 6.51. The molecule has 1 rings (SSSR count). The number of nitrogens with two attached hydrogens (primary N) is 2. The van der Waals surface area contributed by atoms with Crippen molar-refractivity contribution in [1.29, 1.82) is 0 Å². The highest BCUT2D eigenvalue weighted by atomic mass is 79.9. The highest BCUT2D eigenvalue weighted by Crippen LogP contribution is 2.12. The Morgan fingerprint density at radius 3 is 2.33 bits per heavy atom. The number of halogens is 1. The van der Waals surface area contributed by atoms with Gasteiger partial charge in [-0.3, -0.25) is 9.59 Å². The molecule has 0 unspecified atom stereocenters. The molecule has 0 saturated heterocycles. The predicted molar refractivity (Wildman–Crippen MR) is 72.4 cm³/mol. The van der Waals surface area contributed by atoms with Gasteiger partial charge in [0, 0.05) is 11.0 Å². The second-order valence-electron chi connectivity index (χ2n) is 4.08. The number of hydrogen-bond acceptors (Lipinski definition) is 3. The summed E-state index contributed by atoms with van der Waals surface area (Å²) in [5.74, 6) is -0.849. The molecule has 6 heteroatoms. The van der Waals surface area contributed by atoms with E-state index in [0.29, 0.717) is 6.54 Å². The number of primary amides is 1. The van der Waals surface area contributed by atoms with Gasteiger partial charge in [-0.15, -0.1) is 0 Å². The highest BCUT2D eigenvalue weighted by Gasteiger charge is 2.19. The first kappa shape index (κ1) is 14.7. The fraction of sp³-hybridized carbons (Fsp3) is 0.333. The van der Waals surface area contributed by atoms with E-state index in [1.54, 1.807) is 6.92 Å². The van der Waals surface area contributed by atoms with E-state index in [0.717, 1.165) is 10.0 Å². The minimum Gasteiger partial charge on any atom is -0.368 e. The lowest BCUT2D eigenvalue weighted by atomic mass is 10.2. The number of carbonyl (C=O) groups excluding carboxylic acids is 2. The molecule has 0 fully saturated rings. The molecular formula is C12H16BrN3O2. The highest BCUT2D eigenvalue weighted by molar-refractivity contribution is 9.10. The monoisotopic (exact) mass is 313 g/mol. The third-order valence-corrected chi connectivity index (χ3v) is 2.86. The topological polar surface area (TPSA) is 89.4 Å². The van der Waals surface area contributed by atoms with E-state index in [-0.39, 0.29) is 12.5 Å². The first-order valence-electron chi connectivity index (χ1n) is 5.47. The Balaban J connectivity index is 2.81. The van der Waals surface area contributed by atoms with Gasteiger partial charge >= 0.3 is 0 Å². The summed E-state index contributed by atoms with van der Waals surface area (Å²) in [6, 6.07) is 6.82. The van der Waals surface area contributed by atoms with Crippen LogP contribution in [0, 0.1) is 0 Å². The Kier molecular flexibility index (Phi) is 5.30. The molecule has 0 aliphatic carbocycles. The molecule has 5 nitrogen and oxygen atoms in total. The Labute approximate surface area is 114 Å². The van der Waals surface area contributed by atoms with Crippen LogP contribution in [0.25, 0.3) is 0 Å². The van der Waals surface area contributed by atoms with Crippen LogP contribution >= 0.6 is 15.9 Å². The first-order chi connectivity index (χ1) is 8.40. The normalized spacial score (nSPS) is 11.9. The van der Waals surface area contributed by atoms with E-state index in [2.05, 4.69) is 15.9 Å². The summed E-state index contributed by atoms with van der Waals surface area (Å²) in [7, 11) is 0. The molecule has 0 aromatic heterocycles. The van der Waals surface area contributed by atoms with Gasteiger partial charge in [-0.25, -0.2) is 0 Å². The van der Waals surface area contributed by atoms with Crippen molar-refractivity contribution in [2.24, 2.45) is 11.5 Å². The van der Waals surface area contributed by atoms with Gasteiger partial charge in [0.05, 0.1) is 12.6 Å². The Morgan fingerprint density at radius 1 is 1.33 bits per heavy atom. The lowest BCUT2D eigenvalue weighted by molar-refractivity contribution is -0.136. The number of hydrogen-bond donors (Lipinski definition) is 2. The molecule has 1 aromatic carbocycles. The zero-order chi connectivity index (χ0) is 13.7. The summed E-state index contributed by atoms with van der Waals surface area (Å²) >= 11 is 3.33. The van der Waals surface area contributed by atoms with E-state index in [1.807, 2.05) is 24.3 Å². The average Bonchev–Trinajstić information content (AvgIpc) is 2.29. The van der Waals surface area contributed by atoms with Crippen molar-refractivity contribution < 1.29 is 9.59 Å². The molecule has 0 aliphatic heterocycles. The molecule has 18 heavy (non-hydrogen) atoms. The second-order valence-corrected chi connectivity index (χ2v) is 4.99. The van der Waals surface area contributed by atoms with Crippen LogP contribution in [-0.2, 0) is 16.1 Å². The number of nitrogens with zero attached hydrogens (tertiary/aromatic N) is 1. The standard InChI is InChI=1S/C12H16BrN3O2/c1-8(14)12(18)16(7-11(15)17)6-9-2-4-10(13)5-3-9/h2-5,8H,6-7,14H2,1H3,(H2,15,17)/t8-/m1/s1. The summed E-state index contributed by atoms with van der Waals surface area (Å²) in [4.78, 5) is 24.2. The molecule has 2 amide bonds. The maximum absolute atomic E-state index is 11.8. The van der Waals surface area contributed by atoms with E-state index < -0.39 is 11.9 Å². The van der Waals surface area contributed by atoms with Gasteiger partial charge in [0.25, 0.3) is 0 Å². The van der Waals surface area contributed by atoms with Crippen molar-refractivity contribution in [1.82, 2.24) is 4.90 Å². The fourth-order valence-corrected chi connectivity index (χ4v) is 1.76. The minimum absolute atomic E-state index is 0.129. The first-order valence-corrected chi connectivity index (χ1v) is 6.26. The fourth-order valence-electron chi connectivity index (χ4n) is 1.50. The average molecular weight is 314 g/mol. The van der Waals surface area contributed by atoms with E-state index in [1.165, 1.54) is 4.90 Å². The largest absolute Gasteiger partial charge is 0.368 e. The quantitative estimate of drug-likeness (QED) is 0.834. The van der Waals surface area contributed by atoms with Crippen molar-refractivity contribution in [3.8, 4) is 0 Å². The number of rotatable bonds is 5.